The van der Waals surface area contributed by atoms with E-state index < -0.39 is 5.95 Å². The molecule has 1 aliphatic rings. The first kappa shape index (κ1) is 13.9. The van der Waals surface area contributed by atoms with E-state index in [-0.39, 0.29) is 11.6 Å². The zero-order valence-electron chi connectivity index (χ0n) is 11.7. The molecule has 0 radical (unpaired) electrons. The standard InChI is InChI=1S/C15H17FN4O/c16-15-14(13-11(9-19-15)17-6-7-18-13)20-12(21)8-10-4-2-1-3-5-10/h6-7,9-10H,1-5,8H2,(H,20,21). The van der Waals surface area contributed by atoms with E-state index in [0.717, 1.165) is 12.8 Å². The average Bonchev–Trinajstić information content (AvgIpc) is 2.51. The van der Waals surface area contributed by atoms with Crippen molar-refractivity contribution >= 4 is 22.6 Å². The third-order valence-electron chi connectivity index (χ3n) is 3.93. The van der Waals surface area contributed by atoms with Crippen LogP contribution in [0.15, 0.2) is 18.6 Å². The van der Waals surface area contributed by atoms with Crippen molar-refractivity contribution < 1.29 is 9.18 Å². The Morgan fingerprint density at radius 2 is 1.95 bits per heavy atom. The molecule has 6 heteroatoms. The third kappa shape index (κ3) is 3.15. The normalized spacial score (nSPS) is 16.0. The van der Waals surface area contributed by atoms with E-state index in [0.29, 0.717) is 23.4 Å². The second kappa shape index (κ2) is 6.11. The quantitative estimate of drug-likeness (QED) is 0.881. The van der Waals surface area contributed by atoms with Crippen molar-refractivity contribution in [2.45, 2.75) is 38.5 Å². The highest BCUT2D eigenvalue weighted by atomic mass is 19.1. The number of rotatable bonds is 3. The molecule has 0 unspecified atom stereocenters. The molecule has 1 aliphatic carbocycles. The zero-order chi connectivity index (χ0) is 14.7. The fourth-order valence-corrected chi connectivity index (χ4v) is 2.87. The van der Waals surface area contributed by atoms with Gasteiger partial charge in [0.1, 0.15) is 16.7 Å². The van der Waals surface area contributed by atoms with Gasteiger partial charge in [0.05, 0.1) is 6.20 Å². The number of carbonyl (C=O) groups excluding carboxylic acids is 1. The van der Waals surface area contributed by atoms with Crippen LogP contribution < -0.4 is 5.32 Å². The molecule has 1 fully saturated rings. The van der Waals surface area contributed by atoms with E-state index in [2.05, 4.69) is 20.3 Å². The minimum Gasteiger partial charge on any atom is -0.320 e. The summed E-state index contributed by atoms with van der Waals surface area (Å²) in [5, 5.41) is 2.62. The van der Waals surface area contributed by atoms with Gasteiger partial charge < -0.3 is 5.32 Å². The number of hydrogen-bond acceptors (Lipinski definition) is 4. The number of pyridine rings is 1. The number of nitrogens with one attached hydrogen (secondary N) is 1. The Morgan fingerprint density at radius 3 is 2.76 bits per heavy atom. The van der Waals surface area contributed by atoms with Gasteiger partial charge in [-0.25, -0.2) is 4.98 Å². The van der Waals surface area contributed by atoms with Gasteiger partial charge in [-0.3, -0.25) is 14.8 Å². The highest BCUT2D eigenvalue weighted by Gasteiger charge is 2.19. The monoisotopic (exact) mass is 288 g/mol. The average molecular weight is 288 g/mol. The van der Waals surface area contributed by atoms with Crippen LogP contribution in [0.1, 0.15) is 38.5 Å². The summed E-state index contributed by atoms with van der Waals surface area (Å²) >= 11 is 0. The highest BCUT2D eigenvalue weighted by Crippen LogP contribution is 2.27. The van der Waals surface area contributed by atoms with Gasteiger partial charge in [0, 0.05) is 18.8 Å². The van der Waals surface area contributed by atoms with Crippen molar-refractivity contribution in [2.75, 3.05) is 5.32 Å². The first-order chi connectivity index (χ1) is 10.2. The summed E-state index contributed by atoms with van der Waals surface area (Å²) in [6, 6.07) is 0. The van der Waals surface area contributed by atoms with Crippen LogP contribution in [0.2, 0.25) is 0 Å². The first-order valence-corrected chi connectivity index (χ1v) is 7.29. The largest absolute Gasteiger partial charge is 0.320 e. The molecule has 1 amide bonds. The lowest BCUT2D eigenvalue weighted by Crippen LogP contribution is -2.19. The molecule has 21 heavy (non-hydrogen) atoms. The Balaban J connectivity index is 1.77. The van der Waals surface area contributed by atoms with Crippen molar-refractivity contribution in [3.63, 3.8) is 0 Å². The number of amides is 1. The lowest BCUT2D eigenvalue weighted by Gasteiger charge is -2.20. The fraction of sp³-hybridized carbons (Fsp3) is 0.467. The van der Waals surface area contributed by atoms with Crippen LogP contribution in [0.4, 0.5) is 10.1 Å². The van der Waals surface area contributed by atoms with Crippen LogP contribution in [0.25, 0.3) is 11.0 Å². The molecular formula is C15H17FN4O. The maximum absolute atomic E-state index is 13.9. The van der Waals surface area contributed by atoms with Crippen LogP contribution in [0.5, 0.6) is 0 Å². The first-order valence-electron chi connectivity index (χ1n) is 7.29. The molecule has 5 nitrogen and oxygen atoms in total. The Bertz CT molecular complexity index is 655. The molecule has 1 saturated carbocycles. The zero-order valence-corrected chi connectivity index (χ0v) is 11.7. The third-order valence-corrected chi connectivity index (χ3v) is 3.93. The number of carbonyl (C=O) groups is 1. The fourth-order valence-electron chi connectivity index (χ4n) is 2.87. The molecule has 0 aromatic carbocycles. The van der Waals surface area contributed by atoms with E-state index in [1.54, 1.807) is 0 Å². The minimum atomic E-state index is -0.722. The van der Waals surface area contributed by atoms with Gasteiger partial charge in [-0.2, -0.15) is 4.39 Å². The predicted molar refractivity (Wildman–Crippen MR) is 77.1 cm³/mol. The molecule has 3 rings (SSSR count). The molecule has 0 aliphatic heterocycles. The summed E-state index contributed by atoms with van der Waals surface area (Å²) in [5.41, 5.74) is 0.829. The molecule has 1 N–H and O–H groups in total. The van der Waals surface area contributed by atoms with Crippen LogP contribution in [0, 0.1) is 11.9 Å². The second-order valence-corrected chi connectivity index (χ2v) is 5.47. The molecule has 0 atom stereocenters. The molecular weight excluding hydrogens is 271 g/mol. The van der Waals surface area contributed by atoms with Crippen LogP contribution in [-0.2, 0) is 4.79 Å². The van der Waals surface area contributed by atoms with E-state index >= 15 is 0 Å². The molecule has 110 valence electrons. The number of halogens is 1. The number of anilines is 1. The van der Waals surface area contributed by atoms with E-state index in [9.17, 15) is 9.18 Å². The van der Waals surface area contributed by atoms with Gasteiger partial charge in [0.25, 0.3) is 0 Å². The Kier molecular flexibility index (Phi) is 4.03. The van der Waals surface area contributed by atoms with E-state index in [4.69, 9.17) is 0 Å². The number of hydrogen-bond donors (Lipinski definition) is 1. The van der Waals surface area contributed by atoms with Crippen molar-refractivity contribution in [3.8, 4) is 0 Å². The number of fused-ring (bicyclic) bond motifs is 1. The SMILES string of the molecule is O=C(CC1CCCCC1)Nc1c(F)ncc2nccnc12. The smallest absolute Gasteiger partial charge is 0.239 e. The summed E-state index contributed by atoms with van der Waals surface area (Å²) in [7, 11) is 0. The molecule has 0 bridgehead atoms. The Hall–Kier alpha value is -2.11. The lowest BCUT2D eigenvalue weighted by atomic mass is 9.87. The summed E-state index contributed by atoms with van der Waals surface area (Å²) < 4.78 is 13.9. The van der Waals surface area contributed by atoms with E-state index in [1.165, 1.54) is 37.9 Å². The number of nitrogens with zero attached hydrogens (tertiary/aromatic N) is 3. The summed E-state index contributed by atoms with van der Waals surface area (Å²) in [5.74, 6) is -0.503. The molecule has 2 aromatic rings. The van der Waals surface area contributed by atoms with Gasteiger partial charge in [-0.1, -0.05) is 19.3 Å². The summed E-state index contributed by atoms with van der Waals surface area (Å²) in [6.45, 7) is 0. The van der Waals surface area contributed by atoms with Gasteiger partial charge in [-0.15, -0.1) is 0 Å². The van der Waals surface area contributed by atoms with Crippen molar-refractivity contribution in [1.82, 2.24) is 15.0 Å². The van der Waals surface area contributed by atoms with Crippen LogP contribution in [-0.4, -0.2) is 20.9 Å². The van der Waals surface area contributed by atoms with Gasteiger partial charge in [0.2, 0.25) is 11.9 Å². The topological polar surface area (TPSA) is 67.8 Å². The van der Waals surface area contributed by atoms with E-state index in [1.807, 2.05) is 0 Å². The van der Waals surface area contributed by atoms with Crippen molar-refractivity contribution in [2.24, 2.45) is 5.92 Å². The maximum atomic E-state index is 13.9. The van der Waals surface area contributed by atoms with Crippen molar-refractivity contribution in [3.05, 3.63) is 24.5 Å². The Labute approximate surface area is 122 Å². The lowest BCUT2D eigenvalue weighted by molar-refractivity contribution is -0.117. The molecule has 2 heterocycles. The minimum absolute atomic E-state index is 0.0291. The summed E-state index contributed by atoms with van der Waals surface area (Å²) in [6.07, 6.45) is 10.5. The van der Waals surface area contributed by atoms with Crippen LogP contribution >= 0.6 is 0 Å². The van der Waals surface area contributed by atoms with Crippen LogP contribution in [0.3, 0.4) is 0 Å². The predicted octanol–water partition coefficient (Wildman–Crippen LogP) is 3.07. The molecule has 2 aromatic heterocycles. The Morgan fingerprint density at radius 1 is 1.19 bits per heavy atom. The van der Waals surface area contributed by atoms with Gasteiger partial charge >= 0.3 is 0 Å². The maximum Gasteiger partial charge on any atom is 0.239 e. The highest BCUT2D eigenvalue weighted by molar-refractivity contribution is 5.98. The second-order valence-electron chi connectivity index (χ2n) is 5.47. The van der Waals surface area contributed by atoms with Gasteiger partial charge in [-0.05, 0) is 18.8 Å². The summed E-state index contributed by atoms with van der Waals surface area (Å²) in [4.78, 5) is 23.9. The molecule has 0 saturated heterocycles. The number of aromatic nitrogens is 3. The van der Waals surface area contributed by atoms with Crippen molar-refractivity contribution in [1.29, 1.82) is 0 Å². The molecule has 0 spiro atoms. The van der Waals surface area contributed by atoms with Gasteiger partial charge in [0.15, 0.2) is 0 Å².